The molecule has 2 aromatic heterocycles. The molecule has 0 atom stereocenters. The fourth-order valence-corrected chi connectivity index (χ4v) is 3.68. The highest BCUT2D eigenvalue weighted by Crippen LogP contribution is 2.33. The molecule has 2 aromatic carbocycles. The molecule has 1 aliphatic rings. The van der Waals surface area contributed by atoms with E-state index >= 15 is 0 Å². The first-order valence-corrected chi connectivity index (χ1v) is 9.83. The number of hydrogen-bond acceptors (Lipinski definition) is 7. The number of nitrogens with two attached hydrogens (primary N) is 1. The van der Waals surface area contributed by atoms with Crippen molar-refractivity contribution in [2.75, 3.05) is 19.0 Å². The predicted octanol–water partition coefficient (Wildman–Crippen LogP) is 2.47. The van der Waals surface area contributed by atoms with Crippen molar-refractivity contribution in [1.29, 1.82) is 0 Å². The number of carbonyl (C=O) groups is 1. The van der Waals surface area contributed by atoms with Gasteiger partial charge in [-0.05, 0) is 17.7 Å². The van der Waals surface area contributed by atoms with E-state index in [9.17, 15) is 4.79 Å². The smallest absolute Gasteiger partial charge is 0.304 e. The molecule has 1 aliphatic heterocycles. The molecular weight excluding hydrogens is 396 g/mol. The van der Waals surface area contributed by atoms with Crippen molar-refractivity contribution in [3.63, 3.8) is 0 Å². The van der Waals surface area contributed by atoms with Gasteiger partial charge in [-0.25, -0.2) is 4.57 Å². The van der Waals surface area contributed by atoms with E-state index in [4.69, 9.17) is 20.2 Å². The molecule has 1 amide bonds. The number of nitrogens with one attached hydrogen (secondary N) is 1. The Kier molecular flexibility index (Phi) is 4.62. The van der Waals surface area contributed by atoms with Crippen molar-refractivity contribution in [2.45, 2.75) is 13.0 Å². The van der Waals surface area contributed by atoms with E-state index in [2.05, 4.69) is 15.3 Å². The third-order valence-corrected chi connectivity index (χ3v) is 5.15. The molecule has 0 spiro atoms. The molecule has 31 heavy (non-hydrogen) atoms. The maximum atomic E-state index is 11.9. The van der Waals surface area contributed by atoms with E-state index < -0.39 is 5.91 Å². The van der Waals surface area contributed by atoms with Gasteiger partial charge in [-0.3, -0.25) is 4.79 Å². The Hall–Kier alpha value is -4.14. The van der Waals surface area contributed by atoms with Crippen LogP contribution in [0.15, 0.2) is 48.5 Å². The lowest BCUT2D eigenvalue weighted by Crippen LogP contribution is -2.11. The predicted molar refractivity (Wildman–Crippen MR) is 115 cm³/mol. The second-order valence-corrected chi connectivity index (χ2v) is 7.07. The van der Waals surface area contributed by atoms with Crippen molar-refractivity contribution in [3.05, 3.63) is 65.2 Å². The Morgan fingerprint density at radius 2 is 2.00 bits per heavy atom. The van der Waals surface area contributed by atoms with Gasteiger partial charge in [0.2, 0.25) is 11.8 Å². The quantitative estimate of drug-likeness (QED) is 0.496. The van der Waals surface area contributed by atoms with Crippen molar-refractivity contribution >= 4 is 22.8 Å². The van der Waals surface area contributed by atoms with E-state index in [0.717, 1.165) is 17.5 Å². The Bertz CT molecular complexity index is 1290. The van der Waals surface area contributed by atoms with E-state index in [1.165, 1.54) is 7.11 Å². The van der Waals surface area contributed by atoms with Crippen molar-refractivity contribution < 1.29 is 14.3 Å². The van der Waals surface area contributed by atoms with E-state index in [0.29, 0.717) is 47.4 Å². The largest absolute Gasteiger partial charge is 0.477 e. The van der Waals surface area contributed by atoms with Gasteiger partial charge in [0.15, 0.2) is 0 Å². The molecule has 0 radical (unpaired) electrons. The van der Waals surface area contributed by atoms with Crippen LogP contribution < -0.4 is 20.5 Å². The summed E-state index contributed by atoms with van der Waals surface area (Å²) in [4.78, 5) is 25.7. The molecule has 0 unspecified atom stereocenters. The van der Waals surface area contributed by atoms with Gasteiger partial charge in [-0.2, -0.15) is 15.0 Å². The number of aromatic nitrogens is 4. The standard InChI is InChI=1S/C22H20N6O3/c1-30-22-25-17-14(18(23)29)8-5-9-16(17)28(22)21-26-19(15-10-11-31-20(15)27-21)24-12-13-6-3-2-4-7-13/h2-9H,10-12H2,1H3,(H2,23,29)(H,24,26,27). The first-order valence-electron chi connectivity index (χ1n) is 9.83. The third-order valence-electron chi connectivity index (χ3n) is 5.15. The lowest BCUT2D eigenvalue weighted by Gasteiger charge is -2.13. The highest BCUT2D eigenvalue weighted by molar-refractivity contribution is 6.04. The number of nitrogens with zero attached hydrogens (tertiary/aromatic N) is 4. The molecule has 3 heterocycles. The van der Waals surface area contributed by atoms with Crippen LogP contribution in [0.3, 0.4) is 0 Å². The van der Waals surface area contributed by atoms with Crippen molar-refractivity contribution in [1.82, 2.24) is 19.5 Å². The number of carbonyl (C=O) groups excluding carboxylic acids is 1. The average Bonchev–Trinajstić information content (AvgIpc) is 3.41. The van der Waals surface area contributed by atoms with E-state index in [-0.39, 0.29) is 6.01 Å². The molecule has 9 nitrogen and oxygen atoms in total. The van der Waals surface area contributed by atoms with Crippen LogP contribution in [-0.2, 0) is 13.0 Å². The summed E-state index contributed by atoms with van der Waals surface area (Å²) < 4.78 is 12.9. The maximum absolute atomic E-state index is 11.9. The molecule has 0 saturated heterocycles. The van der Waals surface area contributed by atoms with Crippen LogP contribution in [-0.4, -0.2) is 39.1 Å². The molecule has 156 valence electrons. The maximum Gasteiger partial charge on any atom is 0.304 e. The normalized spacial score (nSPS) is 12.4. The number of benzene rings is 2. The van der Waals surface area contributed by atoms with Gasteiger partial charge in [-0.15, -0.1) is 0 Å². The summed E-state index contributed by atoms with van der Waals surface area (Å²) >= 11 is 0. The zero-order valence-corrected chi connectivity index (χ0v) is 16.8. The number of imidazole rings is 1. The van der Waals surface area contributed by atoms with Crippen molar-refractivity contribution in [3.8, 4) is 17.8 Å². The molecule has 0 aliphatic carbocycles. The molecule has 0 bridgehead atoms. The number of ether oxygens (including phenoxy) is 2. The van der Waals surface area contributed by atoms with Crippen LogP contribution in [0.25, 0.3) is 17.0 Å². The second-order valence-electron chi connectivity index (χ2n) is 7.07. The van der Waals surface area contributed by atoms with Gasteiger partial charge in [0.25, 0.3) is 5.91 Å². The molecule has 5 rings (SSSR count). The zero-order chi connectivity index (χ0) is 21.4. The fraction of sp³-hybridized carbons (Fsp3) is 0.182. The Morgan fingerprint density at radius 3 is 2.77 bits per heavy atom. The Balaban J connectivity index is 1.63. The fourth-order valence-electron chi connectivity index (χ4n) is 3.68. The van der Waals surface area contributed by atoms with Crippen LogP contribution >= 0.6 is 0 Å². The number of primary amides is 1. The SMILES string of the molecule is COc1nc2c(C(N)=O)cccc2n1-c1nc(NCc2ccccc2)c2c(n1)OCC2. The van der Waals surface area contributed by atoms with Crippen LogP contribution in [0.4, 0.5) is 5.82 Å². The van der Waals surface area contributed by atoms with Crippen molar-refractivity contribution in [2.24, 2.45) is 5.73 Å². The third kappa shape index (κ3) is 3.29. The Morgan fingerprint density at radius 1 is 1.16 bits per heavy atom. The first kappa shape index (κ1) is 18.9. The summed E-state index contributed by atoms with van der Waals surface area (Å²) in [7, 11) is 1.50. The topological polar surface area (TPSA) is 117 Å². The molecule has 9 heteroatoms. The highest BCUT2D eigenvalue weighted by atomic mass is 16.5. The summed E-state index contributed by atoms with van der Waals surface area (Å²) in [6.45, 7) is 1.15. The zero-order valence-electron chi connectivity index (χ0n) is 16.8. The van der Waals surface area contributed by atoms with Crippen LogP contribution in [0.2, 0.25) is 0 Å². The molecule has 0 fully saturated rings. The lowest BCUT2D eigenvalue weighted by atomic mass is 10.2. The number of hydrogen-bond donors (Lipinski definition) is 2. The van der Waals surface area contributed by atoms with Crippen LogP contribution in [0.5, 0.6) is 11.9 Å². The number of fused-ring (bicyclic) bond motifs is 2. The summed E-state index contributed by atoms with van der Waals surface area (Å²) in [5, 5.41) is 3.40. The molecule has 3 N–H and O–H groups in total. The summed E-state index contributed by atoms with van der Waals surface area (Å²) in [6, 6.07) is 15.5. The monoisotopic (exact) mass is 416 g/mol. The van der Waals surface area contributed by atoms with Gasteiger partial charge in [0.05, 0.1) is 30.4 Å². The molecule has 4 aromatic rings. The van der Waals surface area contributed by atoms with Gasteiger partial charge in [-0.1, -0.05) is 36.4 Å². The number of methoxy groups -OCH3 is 1. The first-order chi connectivity index (χ1) is 15.2. The lowest BCUT2D eigenvalue weighted by molar-refractivity contribution is 0.100. The minimum absolute atomic E-state index is 0.246. The Labute approximate surface area is 177 Å². The second kappa shape index (κ2) is 7.60. The summed E-state index contributed by atoms with van der Waals surface area (Å²) in [5.74, 6) is 0.977. The van der Waals surface area contributed by atoms with Gasteiger partial charge >= 0.3 is 6.01 Å². The molecular formula is C22H20N6O3. The number of para-hydroxylation sites is 1. The minimum atomic E-state index is -0.568. The van der Waals surface area contributed by atoms with Gasteiger partial charge in [0, 0.05) is 13.0 Å². The molecule has 0 saturated carbocycles. The minimum Gasteiger partial charge on any atom is -0.477 e. The van der Waals surface area contributed by atoms with E-state index in [1.807, 2.05) is 36.4 Å². The number of amides is 1. The number of rotatable bonds is 6. The number of anilines is 1. The van der Waals surface area contributed by atoms with E-state index in [1.54, 1.807) is 16.7 Å². The summed E-state index contributed by atoms with van der Waals surface area (Å²) in [6.07, 6.45) is 0.723. The van der Waals surface area contributed by atoms with Gasteiger partial charge < -0.3 is 20.5 Å². The van der Waals surface area contributed by atoms with Gasteiger partial charge in [0.1, 0.15) is 11.3 Å². The van der Waals surface area contributed by atoms with Crippen LogP contribution in [0, 0.1) is 0 Å². The highest BCUT2D eigenvalue weighted by Gasteiger charge is 2.25. The van der Waals surface area contributed by atoms with Crippen LogP contribution in [0.1, 0.15) is 21.5 Å². The summed E-state index contributed by atoms with van der Waals surface area (Å²) in [5.41, 5.74) is 8.92. The average molecular weight is 416 g/mol.